The van der Waals surface area contributed by atoms with Crippen molar-refractivity contribution in [3.63, 3.8) is 0 Å². The van der Waals surface area contributed by atoms with E-state index in [1.165, 1.54) is 18.2 Å². The number of halogens is 2. The first-order chi connectivity index (χ1) is 15.8. The molecule has 1 aliphatic heterocycles. The number of hydrogen-bond donors (Lipinski definition) is 1. The van der Waals surface area contributed by atoms with Gasteiger partial charge in [0.1, 0.15) is 12.2 Å². The summed E-state index contributed by atoms with van der Waals surface area (Å²) in [7, 11) is 0. The molecular formula is C23H15Br2N3O5. The number of carbonyl (C=O) groups excluding carboxylic acids is 2. The summed E-state index contributed by atoms with van der Waals surface area (Å²) in [6.45, 7) is 0.0329. The highest BCUT2D eigenvalue weighted by atomic mass is 79.9. The Morgan fingerprint density at radius 3 is 2.48 bits per heavy atom. The van der Waals surface area contributed by atoms with Crippen LogP contribution in [0, 0.1) is 10.1 Å². The monoisotopic (exact) mass is 571 g/mol. The number of nitrogens with one attached hydrogen (secondary N) is 1. The zero-order valence-corrected chi connectivity index (χ0v) is 20.0. The smallest absolute Gasteiger partial charge is 0.311 e. The van der Waals surface area contributed by atoms with Gasteiger partial charge < -0.3 is 4.74 Å². The lowest BCUT2D eigenvalue weighted by Crippen LogP contribution is -2.35. The second-order valence-corrected chi connectivity index (χ2v) is 8.72. The van der Waals surface area contributed by atoms with Crippen molar-refractivity contribution in [3.8, 4) is 5.75 Å². The lowest BCUT2D eigenvalue weighted by molar-refractivity contribution is -0.386. The number of benzene rings is 3. The molecule has 1 saturated heterocycles. The van der Waals surface area contributed by atoms with Crippen LogP contribution in [0.1, 0.15) is 11.1 Å². The molecule has 166 valence electrons. The first-order valence-electron chi connectivity index (χ1n) is 9.61. The van der Waals surface area contributed by atoms with E-state index in [1.54, 1.807) is 36.4 Å². The third kappa shape index (κ3) is 4.81. The van der Waals surface area contributed by atoms with Gasteiger partial charge in [-0.2, -0.15) is 0 Å². The van der Waals surface area contributed by atoms with Crippen LogP contribution in [0.15, 0.2) is 81.2 Å². The number of amides is 2. The van der Waals surface area contributed by atoms with Crippen LogP contribution in [-0.4, -0.2) is 16.7 Å². The standard InChI is InChI=1S/C23H15Br2N3O5/c24-16-10-9-15(19(25)12-16)13-33-21-14(5-4-8-20(21)28(31)32)11-18-22(29)26-27(23(18)30)17-6-2-1-3-7-17/h1-12H,13H2,(H,26,29)/b18-11-. The molecule has 0 aromatic heterocycles. The first-order valence-corrected chi connectivity index (χ1v) is 11.2. The topological polar surface area (TPSA) is 102 Å². The van der Waals surface area contributed by atoms with Crippen LogP contribution < -0.4 is 15.2 Å². The van der Waals surface area contributed by atoms with Gasteiger partial charge in [0.25, 0.3) is 11.8 Å². The van der Waals surface area contributed by atoms with E-state index < -0.39 is 16.7 Å². The van der Waals surface area contributed by atoms with Gasteiger partial charge in [-0.3, -0.25) is 25.1 Å². The molecular weight excluding hydrogens is 558 g/mol. The molecule has 0 spiro atoms. The Hall–Kier alpha value is -3.50. The van der Waals surface area contributed by atoms with Crippen LogP contribution in [0.25, 0.3) is 6.08 Å². The van der Waals surface area contributed by atoms with E-state index in [0.717, 1.165) is 19.5 Å². The fourth-order valence-corrected chi connectivity index (χ4v) is 4.38. The highest BCUT2D eigenvalue weighted by Crippen LogP contribution is 2.35. The maximum absolute atomic E-state index is 12.9. The molecule has 1 fully saturated rings. The number of nitro groups is 1. The van der Waals surface area contributed by atoms with Gasteiger partial charge in [-0.05, 0) is 30.3 Å². The third-order valence-electron chi connectivity index (χ3n) is 4.81. The quantitative estimate of drug-likeness (QED) is 0.190. The van der Waals surface area contributed by atoms with Crippen LogP contribution in [-0.2, 0) is 16.2 Å². The molecule has 0 unspecified atom stereocenters. The fourth-order valence-electron chi connectivity index (χ4n) is 3.22. The fraction of sp³-hybridized carbons (Fsp3) is 0.0435. The number of rotatable bonds is 6. The molecule has 1 aliphatic rings. The Labute approximate surface area is 205 Å². The predicted octanol–water partition coefficient (Wildman–Crippen LogP) is 5.16. The zero-order chi connectivity index (χ0) is 23.5. The minimum Gasteiger partial charge on any atom is -0.481 e. The Balaban J connectivity index is 1.69. The number of hydrogen-bond acceptors (Lipinski definition) is 5. The number of ether oxygens (including phenoxy) is 1. The summed E-state index contributed by atoms with van der Waals surface area (Å²) < 4.78 is 7.47. The molecule has 3 aromatic carbocycles. The number of nitrogens with zero attached hydrogens (tertiary/aromatic N) is 2. The molecule has 1 heterocycles. The molecule has 0 aliphatic carbocycles. The lowest BCUT2D eigenvalue weighted by atomic mass is 10.1. The van der Waals surface area contributed by atoms with Crippen molar-refractivity contribution in [2.75, 3.05) is 5.01 Å². The lowest BCUT2D eigenvalue weighted by Gasteiger charge is -2.14. The Kier molecular flexibility index (Phi) is 6.57. The minimum atomic E-state index is -0.614. The van der Waals surface area contributed by atoms with Crippen LogP contribution in [0.5, 0.6) is 5.75 Å². The summed E-state index contributed by atoms with van der Waals surface area (Å²) in [6.07, 6.45) is 1.31. The van der Waals surface area contributed by atoms with E-state index in [-0.39, 0.29) is 29.2 Å². The van der Waals surface area contributed by atoms with Crippen molar-refractivity contribution >= 4 is 61.1 Å². The number of anilines is 1. The molecule has 0 radical (unpaired) electrons. The van der Waals surface area contributed by atoms with E-state index >= 15 is 0 Å². The molecule has 2 amide bonds. The second kappa shape index (κ2) is 9.55. The van der Waals surface area contributed by atoms with Crippen molar-refractivity contribution in [2.45, 2.75) is 6.61 Å². The van der Waals surface area contributed by atoms with Gasteiger partial charge >= 0.3 is 5.69 Å². The van der Waals surface area contributed by atoms with Gasteiger partial charge in [-0.1, -0.05) is 68.3 Å². The van der Waals surface area contributed by atoms with Gasteiger partial charge in [0.2, 0.25) is 5.75 Å². The number of nitro benzene ring substituents is 1. The van der Waals surface area contributed by atoms with Crippen molar-refractivity contribution in [3.05, 3.63) is 102 Å². The van der Waals surface area contributed by atoms with E-state index in [9.17, 15) is 19.7 Å². The SMILES string of the molecule is O=C1NN(c2ccccc2)C(=O)/C1=C\c1cccc([N+](=O)[O-])c1OCc1ccc(Br)cc1Br. The third-order valence-corrected chi connectivity index (χ3v) is 6.05. The Morgan fingerprint density at radius 1 is 1.03 bits per heavy atom. The summed E-state index contributed by atoms with van der Waals surface area (Å²) in [5.41, 5.74) is 3.58. The van der Waals surface area contributed by atoms with Crippen LogP contribution in [0.3, 0.4) is 0 Å². The minimum absolute atomic E-state index is 0.0329. The molecule has 10 heteroatoms. The summed E-state index contributed by atoms with van der Waals surface area (Å²) in [5, 5.41) is 12.8. The number of hydrazine groups is 1. The Bertz CT molecular complexity index is 1290. The zero-order valence-electron chi connectivity index (χ0n) is 16.8. The first kappa shape index (κ1) is 22.7. The van der Waals surface area contributed by atoms with Crippen molar-refractivity contribution in [1.82, 2.24) is 5.43 Å². The average Bonchev–Trinajstić information content (AvgIpc) is 3.08. The highest BCUT2D eigenvalue weighted by Gasteiger charge is 2.35. The summed E-state index contributed by atoms with van der Waals surface area (Å²) in [4.78, 5) is 36.5. The van der Waals surface area contributed by atoms with E-state index in [1.807, 2.05) is 18.2 Å². The maximum atomic E-state index is 12.9. The Morgan fingerprint density at radius 2 is 1.79 bits per heavy atom. The van der Waals surface area contributed by atoms with Crippen LogP contribution >= 0.6 is 31.9 Å². The van der Waals surface area contributed by atoms with Crippen LogP contribution in [0.4, 0.5) is 11.4 Å². The van der Waals surface area contributed by atoms with Gasteiger partial charge in [-0.25, -0.2) is 5.01 Å². The summed E-state index contributed by atoms with van der Waals surface area (Å²) >= 11 is 6.82. The highest BCUT2D eigenvalue weighted by molar-refractivity contribution is 9.11. The molecule has 4 rings (SSSR count). The van der Waals surface area contributed by atoms with Crippen molar-refractivity contribution < 1.29 is 19.2 Å². The normalized spacial score (nSPS) is 14.5. The van der Waals surface area contributed by atoms with Gasteiger partial charge in [0, 0.05) is 26.1 Å². The summed E-state index contributed by atoms with van der Waals surface area (Å²) in [5.74, 6) is -1.22. The molecule has 0 bridgehead atoms. The van der Waals surface area contributed by atoms with E-state index in [4.69, 9.17) is 4.74 Å². The van der Waals surface area contributed by atoms with Crippen LogP contribution in [0.2, 0.25) is 0 Å². The van der Waals surface area contributed by atoms with Crippen molar-refractivity contribution in [1.29, 1.82) is 0 Å². The number of carbonyl (C=O) groups is 2. The predicted molar refractivity (Wildman–Crippen MR) is 129 cm³/mol. The van der Waals surface area contributed by atoms with Gasteiger partial charge in [0.05, 0.1) is 10.6 Å². The molecule has 0 atom stereocenters. The number of para-hydroxylation sites is 2. The molecule has 0 saturated carbocycles. The summed E-state index contributed by atoms with van der Waals surface area (Å²) in [6, 6.07) is 18.4. The van der Waals surface area contributed by atoms with Gasteiger partial charge in [0.15, 0.2) is 0 Å². The molecule has 33 heavy (non-hydrogen) atoms. The largest absolute Gasteiger partial charge is 0.481 e. The second-order valence-electron chi connectivity index (χ2n) is 6.95. The molecule has 3 aromatic rings. The van der Waals surface area contributed by atoms with E-state index in [2.05, 4.69) is 37.3 Å². The average molecular weight is 573 g/mol. The maximum Gasteiger partial charge on any atom is 0.311 e. The van der Waals surface area contributed by atoms with Gasteiger partial charge in [-0.15, -0.1) is 0 Å². The van der Waals surface area contributed by atoms with Crippen molar-refractivity contribution in [2.24, 2.45) is 0 Å². The molecule has 1 N–H and O–H groups in total. The molecule has 8 nitrogen and oxygen atoms in total. The van der Waals surface area contributed by atoms with E-state index in [0.29, 0.717) is 5.69 Å².